The van der Waals surface area contributed by atoms with E-state index in [9.17, 15) is 4.39 Å². The Morgan fingerprint density at radius 3 is 2.89 bits per heavy atom. The second-order valence-electron chi connectivity index (χ2n) is 4.36. The highest BCUT2D eigenvalue weighted by Crippen LogP contribution is 2.20. The zero-order valence-corrected chi connectivity index (χ0v) is 10.9. The maximum atomic E-state index is 13.8. The lowest BCUT2D eigenvalue weighted by molar-refractivity contribution is 0.204. The number of nitrogens with zero attached hydrogens (tertiary/aromatic N) is 3. The Labute approximate surface area is 111 Å². The molecule has 0 radical (unpaired) electrons. The molecule has 0 spiro atoms. The van der Waals surface area contributed by atoms with Gasteiger partial charge in [0.2, 0.25) is 0 Å². The van der Waals surface area contributed by atoms with Crippen LogP contribution in [-0.2, 0) is 0 Å². The highest BCUT2D eigenvalue weighted by atomic mass is 35.5. The van der Waals surface area contributed by atoms with Gasteiger partial charge < -0.3 is 10.0 Å². The quantitative estimate of drug-likeness (QED) is 0.903. The van der Waals surface area contributed by atoms with E-state index in [2.05, 4.69) is 9.88 Å². The largest absolute Gasteiger partial charge is 0.395 e. The number of pyridine rings is 1. The summed E-state index contributed by atoms with van der Waals surface area (Å²) in [4.78, 5) is 8.17. The van der Waals surface area contributed by atoms with Crippen LogP contribution >= 0.6 is 11.6 Å². The van der Waals surface area contributed by atoms with Crippen LogP contribution in [0.5, 0.6) is 0 Å². The molecule has 4 nitrogen and oxygen atoms in total. The fraction of sp³-hybridized carbons (Fsp3) is 0.583. The molecular formula is C12H17ClFN3O. The summed E-state index contributed by atoms with van der Waals surface area (Å²) in [5, 5.41) is 9.24. The number of aromatic nitrogens is 1. The molecule has 18 heavy (non-hydrogen) atoms. The molecule has 0 atom stereocenters. The highest BCUT2D eigenvalue weighted by molar-refractivity contribution is 6.30. The first-order valence-corrected chi connectivity index (χ1v) is 6.47. The maximum absolute atomic E-state index is 13.8. The van der Waals surface area contributed by atoms with E-state index >= 15 is 0 Å². The molecule has 1 aliphatic heterocycles. The first kappa shape index (κ1) is 13.5. The van der Waals surface area contributed by atoms with Gasteiger partial charge in [0, 0.05) is 32.4 Å². The summed E-state index contributed by atoms with van der Waals surface area (Å²) in [6.07, 6.45) is 2.40. The monoisotopic (exact) mass is 273 g/mol. The number of β-amino-alcohol motifs (C(OH)–C–C–N with tert-alkyl or cyclic N) is 1. The molecule has 1 saturated heterocycles. The maximum Gasteiger partial charge on any atom is 0.167 e. The SMILES string of the molecule is OCCN1CCCN(c2ncc(Cl)cc2F)CC1. The molecule has 6 heteroatoms. The number of hydrogen-bond donors (Lipinski definition) is 1. The number of aliphatic hydroxyl groups excluding tert-OH is 1. The van der Waals surface area contributed by atoms with Crippen molar-refractivity contribution in [1.29, 1.82) is 0 Å². The Hall–Kier alpha value is -0.910. The topological polar surface area (TPSA) is 39.6 Å². The molecule has 1 aromatic rings. The minimum Gasteiger partial charge on any atom is -0.395 e. The van der Waals surface area contributed by atoms with Crippen molar-refractivity contribution in [2.45, 2.75) is 6.42 Å². The van der Waals surface area contributed by atoms with Crippen LogP contribution in [-0.4, -0.2) is 54.3 Å². The third-order valence-electron chi connectivity index (χ3n) is 3.09. The van der Waals surface area contributed by atoms with Gasteiger partial charge in [0.25, 0.3) is 0 Å². The predicted octanol–water partition coefficient (Wildman–Crippen LogP) is 1.38. The van der Waals surface area contributed by atoms with Gasteiger partial charge in [-0.1, -0.05) is 11.6 Å². The average Bonchev–Trinajstić information content (AvgIpc) is 2.55. The van der Waals surface area contributed by atoms with E-state index in [0.29, 0.717) is 23.9 Å². The lowest BCUT2D eigenvalue weighted by Crippen LogP contribution is -2.33. The lowest BCUT2D eigenvalue weighted by Gasteiger charge is -2.22. The fourth-order valence-corrected chi connectivity index (χ4v) is 2.33. The van der Waals surface area contributed by atoms with Crippen molar-refractivity contribution >= 4 is 17.4 Å². The van der Waals surface area contributed by atoms with E-state index in [4.69, 9.17) is 16.7 Å². The van der Waals surface area contributed by atoms with Crippen LogP contribution in [0, 0.1) is 5.82 Å². The van der Waals surface area contributed by atoms with Gasteiger partial charge in [0.1, 0.15) is 0 Å². The number of aliphatic hydroxyl groups is 1. The molecular weight excluding hydrogens is 257 g/mol. The number of rotatable bonds is 3. The van der Waals surface area contributed by atoms with Crippen LogP contribution < -0.4 is 4.90 Å². The summed E-state index contributed by atoms with van der Waals surface area (Å²) in [6, 6.07) is 1.29. The van der Waals surface area contributed by atoms with Crippen LogP contribution in [0.1, 0.15) is 6.42 Å². The second-order valence-corrected chi connectivity index (χ2v) is 4.80. The van der Waals surface area contributed by atoms with E-state index in [1.54, 1.807) is 0 Å². The molecule has 0 unspecified atom stereocenters. The summed E-state index contributed by atoms with van der Waals surface area (Å²) in [6.45, 7) is 4.05. The van der Waals surface area contributed by atoms with Gasteiger partial charge in [-0.25, -0.2) is 9.37 Å². The van der Waals surface area contributed by atoms with Crippen molar-refractivity contribution in [3.05, 3.63) is 23.1 Å². The number of hydrogen-bond acceptors (Lipinski definition) is 4. The number of anilines is 1. The molecule has 0 aliphatic carbocycles. The van der Waals surface area contributed by atoms with E-state index in [0.717, 1.165) is 26.1 Å². The molecule has 1 N–H and O–H groups in total. The van der Waals surface area contributed by atoms with E-state index in [1.807, 2.05) is 4.90 Å². The normalized spacial score (nSPS) is 17.8. The molecule has 1 aromatic heterocycles. The Morgan fingerprint density at radius 2 is 2.17 bits per heavy atom. The summed E-state index contributed by atoms with van der Waals surface area (Å²) in [7, 11) is 0. The van der Waals surface area contributed by atoms with Crippen molar-refractivity contribution in [3.63, 3.8) is 0 Å². The Balaban J connectivity index is 2.05. The molecule has 100 valence electrons. The van der Waals surface area contributed by atoms with Gasteiger partial charge in [-0.2, -0.15) is 0 Å². The van der Waals surface area contributed by atoms with Gasteiger partial charge in [-0.05, 0) is 19.0 Å². The summed E-state index contributed by atoms with van der Waals surface area (Å²) in [5.41, 5.74) is 0. The van der Waals surface area contributed by atoms with E-state index < -0.39 is 0 Å². The lowest BCUT2D eigenvalue weighted by atomic mass is 10.3. The van der Waals surface area contributed by atoms with Crippen molar-refractivity contribution in [1.82, 2.24) is 9.88 Å². The minimum absolute atomic E-state index is 0.160. The zero-order valence-electron chi connectivity index (χ0n) is 10.1. The minimum atomic E-state index is -0.377. The van der Waals surface area contributed by atoms with Crippen molar-refractivity contribution in [2.75, 3.05) is 44.2 Å². The third kappa shape index (κ3) is 3.31. The van der Waals surface area contributed by atoms with Crippen LogP contribution in [0.4, 0.5) is 10.2 Å². The third-order valence-corrected chi connectivity index (χ3v) is 3.30. The van der Waals surface area contributed by atoms with Gasteiger partial charge in [0.15, 0.2) is 11.6 Å². The Kier molecular flexibility index (Phi) is 4.74. The zero-order chi connectivity index (χ0) is 13.0. The van der Waals surface area contributed by atoms with Crippen LogP contribution in [0.2, 0.25) is 5.02 Å². The molecule has 1 fully saturated rings. The van der Waals surface area contributed by atoms with E-state index in [-0.39, 0.29) is 12.4 Å². The summed E-state index contributed by atoms with van der Waals surface area (Å²) in [5.74, 6) is -0.0108. The van der Waals surface area contributed by atoms with Crippen molar-refractivity contribution in [2.24, 2.45) is 0 Å². The Bertz CT molecular complexity index is 405. The molecule has 0 saturated carbocycles. The van der Waals surface area contributed by atoms with Crippen LogP contribution in [0.25, 0.3) is 0 Å². The number of halogens is 2. The van der Waals surface area contributed by atoms with Gasteiger partial charge in [0.05, 0.1) is 11.6 Å². The second kappa shape index (κ2) is 6.31. The van der Waals surface area contributed by atoms with Gasteiger partial charge in [-0.15, -0.1) is 0 Å². The average molecular weight is 274 g/mol. The van der Waals surface area contributed by atoms with Crippen LogP contribution in [0.15, 0.2) is 12.3 Å². The molecule has 0 bridgehead atoms. The van der Waals surface area contributed by atoms with Crippen LogP contribution in [0.3, 0.4) is 0 Å². The summed E-state index contributed by atoms with van der Waals surface area (Å²) < 4.78 is 13.8. The first-order valence-electron chi connectivity index (χ1n) is 6.10. The van der Waals surface area contributed by atoms with Crippen molar-refractivity contribution < 1.29 is 9.50 Å². The highest BCUT2D eigenvalue weighted by Gasteiger charge is 2.18. The molecule has 2 rings (SSSR count). The van der Waals surface area contributed by atoms with Gasteiger partial charge >= 0.3 is 0 Å². The van der Waals surface area contributed by atoms with E-state index in [1.165, 1.54) is 12.3 Å². The smallest absolute Gasteiger partial charge is 0.167 e. The van der Waals surface area contributed by atoms with Crippen molar-refractivity contribution in [3.8, 4) is 0 Å². The van der Waals surface area contributed by atoms with Gasteiger partial charge in [-0.3, -0.25) is 4.90 Å². The predicted molar refractivity (Wildman–Crippen MR) is 69.6 cm³/mol. The molecule has 2 heterocycles. The fourth-order valence-electron chi connectivity index (χ4n) is 2.19. The standard InChI is InChI=1S/C12H17ClFN3O/c13-10-8-11(14)12(15-9-10)17-3-1-2-16(4-5-17)6-7-18/h8-9,18H,1-7H2. The first-order chi connectivity index (χ1) is 8.70. The Morgan fingerprint density at radius 1 is 1.33 bits per heavy atom. The molecule has 0 aromatic carbocycles. The summed E-state index contributed by atoms with van der Waals surface area (Å²) >= 11 is 5.70. The molecule has 0 amide bonds. The molecule has 1 aliphatic rings.